The molecule has 4 rings (SSSR count). The summed E-state index contributed by atoms with van der Waals surface area (Å²) in [6.45, 7) is 0. The predicted molar refractivity (Wildman–Crippen MR) is 131 cm³/mol. The Morgan fingerprint density at radius 3 is 2.44 bits per heavy atom. The van der Waals surface area contributed by atoms with E-state index in [2.05, 4.69) is 5.10 Å². The third-order valence-electron chi connectivity index (χ3n) is 5.10. The maximum atomic E-state index is 13.5. The van der Waals surface area contributed by atoms with Crippen molar-refractivity contribution in [3.8, 4) is 16.3 Å². The van der Waals surface area contributed by atoms with Crippen LogP contribution in [-0.4, -0.2) is 35.5 Å². The number of hydrogen-bond acceptors (Lipinski definition) is 5. The van der Waals surface area contributed by atoms with E-state index in [0.717, 1.165) is 17.0 Å². The van der Waals surface area contributed by atoms with Gasteiger partial charge in [0.25, 0.3) is 0 Å². The van der Waals surface area contributed by atoms with Crippen molar-refractivity contribution in [2.24, 2.45) is 0 Å². The first-order chi connectivity index (χ1) is 16.7. The lowest BCUT2D eigenvalue weighted by Crippen LogP contribution is -2.08. The first kappa shape index (κ1) is 26.2. The van der Waals surface area contributed by atoms with Gasteiger partial charge in [0, 0.05) is 22.6 Å². The van der Waals surface area contributed by atoms with Gasteiger partial charge in [-0.3, -0.25) is 0 Å². The third-order valence-corrected chi connectivity index (χ3v) is 7.90. The molecule has 0 aliphatic rings. The number of aromatic carboxylic acids is 1. The second kappa shape index (κ2) is 9.55. The minimum atomic E-state index is -4.70. The summed E-state index contributed by atoms with van der Waals surface area (Å²) in [6, 6.07) is 12.6. The molecule has 2 heterocycles. The van der Waals surface area contributed by atoms with Crippen LogP contribution in [0, 0.1) is 0 Å². The molecule has 1 N–H and O–H groups in total. The molecule has 0 aliphatic heterocycles. The highest BCUT2D eigenvalue weighted by Crippen LogP contribution is 2.38. The molecular formula is C23H15Cl2F3N2O4S2. The fraction of sp³-hybridized carbons (Fsp3) is 0.130. The summed E-state index contributed by atoms with van der Waals surface area (Å²) in [7, 11) is -3.81. The van der Waals surface area contributed by atoms with Gasteiger partial charge < -0.3 is 5.11 Å². The molecule has 2 aromatic carbocycles. The van der Waals surface area contributed by atoms with Gasteiger partial charge in [0.15, 0.2) is 15.5 Å². The lowest BCUT2D eigenvalue weighted by molar-refractivity contribution is -0.141. The van der Waals surface area contributed by atoms with Gasteiger partial charge in [0.2, 0.25) is 0 Å². The summed E-state index contributed by atoms with van der Waals surface area (Å²) in [5.74, 6) is -1.37. The van der Waals surface area contributed by atoms with E-state index in [-0.39, 0.29) is 38.3 Å². The number of sulfone groups is 1. The zero-order valence-corrected chi connectivity index (χ0v) is 21.3. The van der Waals surface area contributed by atoms with Gasteiger partial charge in [-0.25, -0.2) is 17.9 Å². The lowest BCUT2D eigenvalue weighted by Gasteiger charge is -2.09. The van der Waals surface area contributed by atoms with Gasteiger partial charge in [-0.15, -0.1) is 11.3 Å². The maximum absolute atomic E-state index is 13.5. The van der Waals surface area contributed by atoms with Gasteiger partial charge in [0.1, 0.15) is 0 Å². The number of benzene rings is 2. The molecule has 2 aromatic heterocycles. The van der Waals surface area contributed by atoms with E-state index in [4.69, 9.17) is 23.2 Å². The number of nitrogens with zero attached hydrogens (tertiary/aromatic N) is 2. The van der Waals surface area contributed by atoms with Crippen LogP contribution in [-0.2, 0) is 22.4 Å². The van der Waals surface area contributed by atoms with Gasteiger partial charge in [-0.1, -0.05) is 29.3 Å². The Kier molecular flexibility index (Phi) is 6.95. The monoisotopic (exact) mass is 574 g/mol. The number of halogens is 5. The summed E-state index contributed by atoms with van der Waals surface area (Å²) in [5, 5.41) is 13.4. The number of carboxylic acid groups (broad SMARTS) is 1. The molecule has 188 valence electrons. The summed E-state index contributed by atoms with van der Waals surface area (Å²) in [5.41, 5.74) is -0.607. The summed E-state index contributed by atoms with van der Waals surface area (Å²) in [4.78, 5) is 12.2. The van der Waals surface area contributed by atoms with E-state index in [9.17, 15) is 31.5 Å². The van der Waals surface area contributed by atoms with E-state index in [0.29, 0.717) is 15.3 Å². The topological polar surface area (TPSA) is 89.3 Å². The van der Waals surface area contributed by atoms with E-state index >= 15 is 0 Å². The number of aromatic nitrogens is 2. The summed E-state index contributed by atoms with van der Waals surface area (Å²) >= 11 is 13.4. The number of alkyl halides is 3. The Bertz CT molecular complexity index is 1600. The largest absolute Gasteiger partial charge is 0.478 e. The minimum Gasteiger partial charge on any atom is -0.478 e. The molecular weight excluding hydrogens is 560 g/mol. The average molecular weight is 575 g/mol. The Morgan fingerprint density at radius 2 is 1.81 bits per heavy atom. The molecule has 0 aliphatic carbocycles. The smallest absolute Gasteiger partial charge is 0.435 e. The molecule has 0 atom stereocenters. The molecule has 36 heavy (non-hydrogen) atoms. The zero-order chi connectivity index (χ0) is 26.4. The minimum absolute atomic E-state index is 0.140. The molecule has 0 fully saturated rings. The van der Waals surface area contributed by atoms with Crippen molar-refractivity contribution in [2.45, 2.75) is 17.5 Å². The van der Waals surface area contributed by atoms with E-state index in [1.807, 2.05) is 0 Å². The number of thiophene rings is 1. The molecule has 0 bridgehead atoms. The number of carbonyl (C=O) groups is 1. The summed E-state index contributed by atoms with van der Waals surface area (Å²) in [6.07, 6.45) is -3.55. The summed E-state index contributed by atoms with van der Waals surface area (Å²) < 4.78 is 65.7. The standard InChI is InChI=1S/C23H15Cl2F3N2O4S2/c1-36(33,34)20-9-12(2-5-15(20)22(31)32)8-14-4-7-19(35-14)18-11-21(23(26,27)28)29-30(18)17-10-13(24)3-6-16(17)25/h2-7,9-11H,8H2,1H3,(H,31,32). The van der Waals surface area contributed by atoms with Gasteiger partial charge >= 0.3 is 12.1 Å². The Hall–Kier alpha value is -2.86. The maximum Gasteiger partial charge on any atom is 0.435 e. The SMILES string of the molecule is CS(=O)(=O)c1cc(Cc2ccc(-c3cc(C(F)(F)F)nn3-c3cc(Cl)ccc3Cl)s2)ccc1C(=O)O. The molecule has 0 radical (unpaired) electrons. The van der Waals surface area contributed by atoms with Crippen molar-refractivity contribution in [3.05, 3.63) is 86.3 Å². The highest BCUT2D eigenvalue weighted by atomic mass is 35.5. The van der Waals surface area contributed by atoms with Gasteiger partial charge in [-0.05, 0) is 54.1 Å². The number of hydrogen-bond donors (Lipinski definition) is 1. The average Bonchev–Trinajstić information content (AvgIpc) is 3.41. The molecule has 0 saturated carbocycles. The fourth-order valence-corrected chi connectivity index (χ4v) is 5.83. The Balaban J connectivity index is 1.75. The lowest BCUT2D eigenvalue weighted by atomic mass is 10.1. The van der Waals surface area contributed by atoms with Crippen molar-refractivity contribution < 1.29 is 31.5 Å². The van der Waals surface area contributed by atoms with E-state index in [1.54, 1.807) is 12.1 Å². The van der Waals surface area contributed by atoms with Crippen LogP contribution in [0.1, 0.15) is 26.5 Å². The quantitative estimate of drug-likeness (QED) is 0.279. The van der Waals surface area contributed by atoms with Crippen molar-refractivity contribution >= 4 is 50.3 Å². The number of rotatable bonds is 6. The van der Waals surface area contributed by atoms with Crippen LogP contribution in [0.5, 0.6) is 0 Å². The van der Waals surface area contributed by atoms with Crippen LogP contribution in [0.3, 0.4) is 0 Å². The first-order valence-corrected chi connectivity index (χ1v) is 13.5. The van der Waals surface area contributed by atoms with Crippen LogP contribution in [0.2, 0.25) is 10.0 Å². The number of carboxylic acids is 1. The van der Waals surface area contributed by atoms with Crippen molar-refractivity contribution in [1.29, 1.82) is 0 Å². The molecule has 0 amide bonds. The van der Waals surface area contributed by atoms with Crippen molar-refractivity contribution in [3.63, 3.8) is 0 Å². The normalized spacial score (nSPS) is 12.2. The first-order valence-electron chi connectivity index (χ1n) is 10.0. The second-order valence-corrected chi connectivity index (χ2v) is 11.8. The molecule has 4 aromatic rings. The molecule has 0 spiro atoms. The van der Waals surface area contributed by atoms with E-state index < -0.39 is 27.7 Å². The Morgan fingerprint density at radius 1 is 1.08 bits per heavy atom. The van der Waals surface area contributed by atoms with Crippen LogP contribution in [0.15, 0.2) is 59.5 Å². The highest BCUT2D eigenvalue weighted by Gasteiger charge is 2.35. The second-order valence-electron chi connectivity index (χ2n) is 7.77. The van der Waals surface area contributed by atoms with Crippen LogP contribution in [0.25, 0.3) is 16.3 Å². The van der Waals surface area contributed by atoms with Crippen LogP contribution in [0.4, 0.5) is 13.2 Å². The molecule has 0 saturated heterocycles. The fourth-order valence-electron chi connectivity index (χ4n) is 3.50. The molecule has 0 unspecified atom stereocenters. The predicted octanol–water partition coefficient (Wildman–Crippen LogP) is 6.62. The molecule has 13 heteroatoms. The Labute approximate surface area is 217 Å². The van der Waals surface area contributed by atoms with Crippen molar-refractivity contribution in [1.82, 2.24) is 9.78 Å². The zero-order valence-electron chi connectivity index (χ0n) is 18.2. The highest BCUT2D eigenvalue weighted by molar-refractivity contribution is 7.90. The third kappa shape index (κ3) is 5.44. The van der Waals surface area contributed by atoms with Gasteiger partial charge in [-0.2, -0.15) is 18.3 Å². The van der Waals surface area contributed by atoms with Crippen molar-refractivity contribution in [2.75, 3.05) is 6.26 Å². The van der Waals surface area contributed by atoms with Gasteiger partial charge in [0.05, 0.1) is 31.7 Å². The van der Waals surface area contributed by atoms with Crippen LogP contribution >= 0.6 is 34.5 Å². The van der Waals surface area contributed by atoms with Crippen LogP contribution < -0.4 is 0 Å². The molecule has 6 nitrogen and oxygen atoms in total. The van der Waals surface area contributed by atoms with E-state index in [1.165, 1.54) is 47.7 Å².